The summed E-state index contributed by atoms with van der Waals surface area (Å²) in [6.45, 7) is 3.81. The Balaban J connectivity index is 1.83. The van der Waals surface area contributed by atoms with E-state index in [1.54, 1.807) is 36.2 Å². The maximum absolute atomic E-state index is 12.4. The van der Waals surface area contributed by atoms with Crippen molar-refractivity contribution in [1.29, 1.82) is 0 Å². The molecule has 0 unspecified atom stereocenters. The van der Waals surface area contributed by atoms with Crippen molar-refractivity contribution >= 4 is 11.6 Å². The summed E-state index contributed by atoms with van der Waals surface area (Å²) in [5.74, 6) is 0.293. The maximum Gasteiger partial charge on any atom is 0.340 e. The summed E-state index contributed by atoms with van der Waals surface area (Å²) < 4.78 is 12.6. The van der Waals surface area contributed by atoms with Gasteiger partial charge < -0.3 is 9.47 Å². The fourth-order valence-corrected chi connectivity index (χ4v) is 2.41. The molecule has 0 saturated carbocycles. The summed E-state index contributed by atoms with van der Waals surface area (Å²) in [7, 11) is 1.60. The van der Waals surface area contributed by atoms with Crippen LogP contribution in [0.4, 0.5) is 0 Å². The van der Waals surface area contributed by atoms with Crippen LogP contribution in [0.5, 0.6) is 5.75 Å². The molecule has 0 aliphatic carbocycles. The van der Waals surface area contributed by atoms with E-state index in [1.807, 2.05) is 32.0 Å². The standard InChI is InChI=1S/C17H17N3O3/c1-11-4-6-15(22-3)14(8-11)12(2)23-17(21)13-5-7-16-19-18-10-20(16)9-13/h4-10,12H,1-3H3/t12-/m0/s1. The Labute approximate surface area is 133 Å². The minimum atomic E-state index is -0.422. The van der Waals surface area contributed by atoms with Crippen molar-refractivity contribution in [2.24, 2.45) is 0 Å². The molecule has 3 aromatic rings. The van der Waals surface area contributed by atoms with Crippen LogP contribution in [-0.2, 0) is 4.74 Å². The number of hydrogen-bond donors (Lipinski definition) is 0. The van der Waals surface area contributed by atoms with Gasteiger partial charge in [0.15, 0.2) is 5.65 Å². The third-order valence-electron chi connectivity index (χ3n) is 3.63. The molecule has 0 aliphatic heterocycles. The molecule has 0 bridgehead atoms. The Bertz CT molecular complexity index is 857. The first-order valence-electron chi connectivity index (χ1n) is 7.23. The second kappa shape index (κ2) is 6.08. The molecule has 1 aromatic carbocycles. The van der Waals surface area contributed by atoms with Gasteiger partial charge in [0.2, 0.25) is 0 Å². The lowest BCUT2D eigenvalue weighted by atomic mass is 10.1. The highest BCUT2D eigenvalue weighted by Gasteiger charge is 2.18. The molecule has 23 heavy (non-hydrogen) atoms. The van der Waals surface area contributed by atoms with Crippen LogP contribution in [0.2, 0.25) is 0 Å². The van der Waals surface area contributed by atoms with E-state index in [0.29, 0.717) is 17.0 Å². The minimum absolute atomic E-state index is 0.406. The van der Waals surface area contributed by atoms with Crippen molar-refractivity contribution in [1.82, 2.24) is 14.6 Å². The second-order valence-corrected chi connectivity index (χ2v) is 5.31. The second-order valence-electron chi connectivity index (χ2n) is 5.31. The number of nitrogens with zero attached hydrogens (tertiary/aromatic N) is 3. The molecule has 6 nitrogen and oxygen atoms in total. The molecule has 6 heteroatoms. The van der Waals surface area contributed by atoms with Gasteiger partial charge in [-0.3, -0.25) is 4.40 Å². The molecule has 0 fully saturated rings. The van der Waals surface area contributed by atoms with Crippen molar-refractivity contribution in [3.8, 4) is 5.75 Å². The number of aromatic nitrogens is 3. The van der Waals surface area contributed by atoms with Crippen molar-refractivity contribution < 1.29 is 14.3 Å². The van der Waals surface area contributed by atoms with E-state index in [9.17, 15) is 4.79 Å². The van der Waals surface area contributed by atoms with Gasteiger partial charge in [0.1, 0.15) is 18.2 Å². The zero-order valence-electron chi connectivity index (χ0n) is 13.2. The molecule has 0 radical (unpaired) electrons. The molecule has 0 spiro atoms. The fraction of sp³-hybridized carbons (Fsp3) is 0.235. The Morgan fingerprint density at radius 2 is 2.09 bits per heavy atom. The number of pyridine rings is 1. The highest BCUT2D eigenvalue weighted by atomic mass is 16.5. The normalized spacial score (nSPS) is 12.1. The molecule has 3 rings (SSSR count). The number of ether oxygens (including phenoxy) is 2. The van der Waals surface area contributed by atoms with Crippen LogP contribution in [0.1, 0.15) is 34.5 Å². The van der Waals surface area contributed by atoms with Crippen molar-refractivity contribution in [2.45, 2.75) is 20.0 Å². The average Bonchev–Trinajstić information content (AvgIpc) is 3.02. The first kappa shape index (κ1) is 15.0. The van der Waals surface area contributed by atoms with Crippen LogP contribution < -0.4 is 4.74 Å². The lowest BCUT2D eigenvalue weighted by Gasteiger charge is -2.17. The summed E-state index contributed by atoms with van der Waals surface area (Å²) in [5, 5.41) is 7.69. The lowest BCUT2D eigenvalue weighted by molar-refractivity contribution is 0.0333. The third-order valence-corrected chi connectivity index (χ3v) is 3.63. The number of benzene rings is 1. The molecule has 0 amide bonds. The highest BCUT2D eigenvalue weighted by molar-refractivity contribution is 5.89. The minimum Gasteiger partial charge on any atom is -0.496 e. The van der Waals surface area contributed by atoms with Crippen molar-refractivity contribution in [2.75, 3.05) is 7.11 Å². The van der Waals surface area contributed by atoms with E-state index >= 15 is 0 Å². The molecule has 0 aliphatic rings. The maximum atomic E-state index is 12.4. The number of aryl methyl sites for hydroxylation is 1. The van der Waals surface area contributed by atoms with Gasteiger partial charge in [-0.1, -0.05) is 11.6 Å². The highest BCUT2D eigenvalue weighted by Crippen LogP contribution is 2.29. The molecule has 118 valence electrons. The van der Waals surface area contributed by atoms with E-state index < -0.39 is 12.1 Å². The number of fused-ring (bicyclic) bond motifs is 1. The molecule has 0 saturated heterocycles. The predicted molar refractivity (Wildman–Crippen MR) is 84.5 cm³/mol. The Kier molecular flexibility index (Phi) is 3.97. The first-order chi connectivity index (χ1) is 11.1. The zero-order chi connectivity index (χ0) is 16.4. The van der Waals surface area contributed by atoms with Gasteiger partial charge in [-0.05, 0) is 38.1 Å². The van der Waals surface area contributed by atoms with Gasteiger partial charge in [0, 0.05) is 11.8 Å². The van der Waals surface area contributed by atoms with E-state index in [1.165, 1.54) is 0 Å². The van der Waals surface area contributed by atoms with Gasteiger partial charge >= 0.3 is 5.97 Å². The first-order valence-corrected chi connectivity index (χ1v) is 7.23. The number of methoxy groups -OCH3 is 1. The molecule has 1 atom stereocenters. The van der Waals surface area contributed by atoms with E-state index in [0.717, 1.165) is 11.1 Å². The fourth-order valence-electron chi connectivity index (χ4n) is 2.41. The third kappa shape index (κ3) is 3.01. The molecule has 2 aromatic heterocycles. The quantitative estimate of drug-likeness (QED) is 0.693. The number of rotatable bonds is 4. The van der Waals surface area contributed by atoms with Crippen LogP contribution in [0.15, 0.2) is 42.9 Å². The molecule has 0 N–H and O–H groups in total. The largest absolute Gasteiger partial charge is 0.496 e. The summed E-state index contributed by atoms with van der Waals surface area (Å²) in [6.07, 6.45) is 2.77. The van der Waals surface area contributed by atoms with Gasteiger partial charge in [-0.25, -0.2) is 4.79 Å². The van der Waals surface area contributed by atoms with Crippen molar-refractivity contribution in [3.05, 3.63) is 59.5 Å². The van der Waals surface area contributed by atoms with E-state index in [-0.39, 0.29) is 0 Å². The number of carbonyl (C=O) groups is 1. The van der Waals surface area contributed by atoms with E-state index in [4.69, 9.17) is 9.47 Å². The van der Waals surface area contributed by atoms with Crippen LogP contribution in [0.25, 0.3) is 5.65 Å². The number of hydrogen-bond acceptors (Lipinski definition) is 5. The van der Waals surface area contributed by atoms with Gasteiger partial charge in [-0.15, -0.1) is 10.2 Å². The molecule has 2 heterocycles. The summed E-state index contributed by atoms with van der Waals surface area (Å²) in [4.78, 5) is 12.4. The summed E-state index contributed by atoms with van der Waals surface area (Å²) in [6, 6.07) is 9.18. The van der Waals surface area contributed by atoms with Crippen molar-refractivity contribution in [3.63, 3.8) is 0 Å². The smallest absolute Gasteiger partial charge is 0.340 e. The van der Waals surface area contributed by atoms with Crippen LogP contribution in [-0.4, -0.2) is 27.7 Å². The Morgan fingerprint density at radius 3 is 2.87 bits per heavy atom. The zero-order valence-corrected chi connectivity index (χ0v) is 13.2. The van der Waals surface area contributed by atoms with Crippen LogP contribution in [0, 0.1) is 6.92 Å². The number of esters is 1. The lowest BCUT2D eigenvalue weighted by Crippen LogP contribution is -2.11. The van der Waals surface area contributed by atoms with Crippen LogP contribution >= 0.6 is 0 Å². The van der Waals surface area contributed by atoms with Gasteiger partial charge in [0.25, 0.3) is 0 Å². The Morgan fingerprint density at radius 1 is 1.26 bits per heavy atom. The summed E-state index contributed by atoms with van der Waals surface area (Å²) in [5.41, 5.74) is 3.03. The average molecular weight is 311 g/mol. The topological polar surface area (TPSA) is 65.7 Å². The summed E-state index contributed by atoms with van der Waals surface area (Å²) >= 11 is 0. The molecular formula is C17H17N3O3. The molecular weight excluding hydrogens is 294 g/mol. The van der Waals surface area contributed by atoms with Crippen LogP contribution in [0.3, 0.4) is 0 Å². The SMILES string of the molecule is COc1ccc(C)cc1[C@H](C)OC(=O)c1ccc2nncn2c1. The Hall–Kier alpha value is -2.89. The van der Waals surface area contributed by atoms with Gasteiger partial charge in [0.05, 0.1) is 12.7 Å². The monoisotopic (exact) mass is 311 g/mol. The van der Waals surface area contributed by atoms with E-state index in [2.05, 4.69) is 10.2 Å². The predicted octanol–water partition coefficient (Wildman–Crippen LogP) is 2.96. The number of carbonyl (C=O) groups excluding carboxylic acids is 1. The van der Waals surface area contributed by atoms with Gasteiger partial charge in [-0.2, -0.15) is 0 Å².